The van der Waals surface area contributed by atoms with Gasteiger partial charge < -0.3 is 10.2 Å². The summed E-state index contributed by atoms with van der Waals surface area (Å²) in [4.78, 5) is 2.51. The molecule has 1 aliphatic rings. The first-order chi connectivity index (χ1) is 10.3. The van der Waals surface area contributed by atoms with Crippen LogP contribution in [0.3, 0.4) is 0 Å². The van der Waals surface area contributed by atoms with Crippen molar-refractivity contribution in [1.29, 1.82) is 0 Å². The average molecular weight is 345 g/mol. The van der Waals surface area contributed by atoms with Gasteiger partial charge in [0.15, 0.2) is 0 Å². The molecule has 0 saturated carbocycles. The number of nitrogens with one attached hydrogen (secondary N) is 1. The summed E-state index contributed by atoms with van der Waals surface area (Å²) in [6.45, 7) is 5.24. The van der Waals surface area contributed by atoms with E-state index in [1.54, 1.807) is 0 Å². The highest BCUT2D eigenvalue weighted by Crippen LogP contribution is 2.26. The zero-order valence-electron chi connectivity index (χ0n) is 12.3. The van der Waals surface area contributed by atoms with E-state index in [9.17, 15) is 0 Å². The van der Waals surface area contributed by atoms with Crippen molar-refractivity contribution in [3.05, 3.63) is 64.1 Å². The van der Waals surface area contributed by atoms with Gasteiger partial charge in [0.25, 0.3) is 0 Å². The number of benzene rings is 2. The molecular weight excluding hydrogens is 324 g/mol. The molecule has 2 nitrogen and oxygen atoms in total. The first kappa shape index (κ1) is 14.6. The molecule has 0 bridgehead atoms. The third kappa shape index (κ3) is 3.47. The molecule has 110 valence electrons. The summed E-state index contributed by atoms with van der Waals surface area (Å²) in [6, 6.07) is 17.9. The van der Waals surface area contributed by atoms with Crippen molar-refractivity contribution in [2.24, 2.45) is 0 Å². The van der Waals surface area contributed by atoms with Crippen molar-refractivity contribution >= 4 is 21.6 Å². The van der Waals surface area contributed by atoms with Gasteiger partial charge in [0.2, 0.25) is 0 Å². The number of halogens is 1. The second-order valence-electron chi connectivity index (χ2n) is 5.62. The number of fused-ring (bicyclic) bond motifs is 1. The van der Waals surface area contributed by atoms with Gasteiger partial charge in [0.05, 0.1) is 0 Å². The maximum Gasteiger partial charge on any atom is 0.0430 e. The van der Waals surface area contributed by atoms with Crippen LogP contribution in [-0.4, -0.2) is 12.6 Å². The summed E-state index contributed by atoms with van der Waals surface area (Å²) in [7, 11) is 0. The van der Waals surface area contributed by atoms with Gasteiger partial charge in [-0.25, -0.2) is 0 Å². The summed E-state index contributed by atoms with van der Waals surface area (Å²) in [5.41, 5.74) is 4.11. The van der Waals surface area contributed by atoms with E-state index in [2.05, 4.69) is 81.6 Å². The topological polar surface area (TPSA) is 15.3 Å². The maximum atomic E-state index is 3.66. The molecule has 21 heavy (non-hydrogen) atoms. The lowest BCUT2D eigenvalue weighted by Crippen LogP contribution is -2.37. The van der Waals surface area contributed by atoms with Crippen LogP contribution in [0.5, 0.6) is 0 Å². The summed E-state index contributed by atoms with van der Waals surface area (Å²) in [5.74, 6) is 0. The van der Waals surface area contributed by atoms with Crippen LogP contribution in [0.25, 0.3) is 0 Å². The Hall–Kier alpha value is -1.32. The van der Waals surface area contributed by atoms with E-state index in [1.807, 2.05) is 0 Å². The molecule has 0 aromatic heterocycles. The van der Waals surface area contributed by atoms with Crippen molar-refractivity contribution in [1.82, 2.24) is 5.32 Å². The van der Waals surface area contributed by atoms with Gasteiger partial charge in [-0.1, -0.05) is 53.2 Å². The fourth-order valence-corrected chi connectivity index (χ4v) is 3.15. The fourth-order valence-electron chi connectivity index (χ4n) is 2.89. The Balaban J connectivity index is 1.88. The van der Waals surface area contributed by atoms with Crippen LogP contribution in [0, 0.1) is 0 Å². The molecule has 2 aromatic rings. The Bertz CT molecular complexity index is 594. The molecule has 3 heteroatoms. The van der Waals surface area contributed by atoms with E-state index in [1.165, 1.54) is 16.8 Å². The van der Waals surface area contributed by atoms with Crippen molar-refractivity contribution in [2.45, 2.75) is 32.5 Å². The van der Waals surface area contributed by atoms with E-state index in [0.717, 1.165) is 30.5 Å². The molecule has 0 fully saturated rings. The van der Waals surface area contributed by atoms with E-state index >= 15 is 0 Å². The molecule has 1 unspecified atom stereocenters. The number of para-hydroxylation sites is 1. The lowest BCUT2D eigenvalue weighted by Gasteiger charge is -2.27. The van der Waals surface area contributed by atoms with Crippen LogP contribution in [0.1, 0.15) is 24.5 Å². The Labute approximate surface area is 135 Å². The quantitative estimate of drug-likeness (QED) is 0.890. The lowest BCUT2D eigenvalue weighted by atomic mass is 10.1. The van der Waals surface area contributed by atoms with Gasteiger partial charge in [-0.05, 0) is 35.7 Å². The Morgan fingerprint density at radius 1 is 1.14 bits per heavy atom. The highest BCUT2D eigenvalue weighted by molar-refractivity contribution is 9.10. The van der Waals surface area contributed by atoms with Crippen molar-refractivity contribution in [3.8, 4) is 0 Å². The van der Waals surface area contributed by atoms with Gasteiger partial charge in [0.1, 0.15) is 0 Å². The third-order valence-corrected chi connectivity index (χ3v) is 4.66. The zero-order chi connectivity index (χ0) is 14.7. The predicted molar refractivity (Wildman–Crippen MR) is 92.6 cm³/mol. The smallest absolute Gasteiger partial charge is 0.0430 e. The minimum absolute atomic E-state index is 0.549. The van der Waals surface area contributed by atoms with Gasteiger partial charge in [0, 0.05) is 35.8 Å². The van der Waals surface area contributed by atoms with E-state index in [-0.39, 0.29) is 0 Å². The number of anilines is 1. The summed E-state index contributed by atoms with van der Waals surface area (Å²) < 4.78 is 1.13. The van der Waals surface area contributed by atoms with Crippen molar-refractivity contribution < 1.29 is 0 Å². The normalized spacial score (nSPS) is 18.2. The van der Waals surface area contributed by atoms with Gasteiger partial charge in [-0.3, -0.25) is 0 Å². The zero-order valence-corrected chi connectivity index (χ0v) is 13.9. The second kappa shape index (κ2) is 6.63. The second-order valence-corrected chi connectivity index (χ2v) is 6.54. The third-order valence-electron chi connectivity index (χ3n) is 4.13. The standard InChI is InChI=1S/C18H21BrN2/c1-2-17-13-21(12-14-7-9-16(19)10-8-14)18-6-4-3-5-15(18)11-20-17/h3-10,17,20H,2,11-13H2,1H3. The number of rotatable bonds is 3. The van der Waals surface area contributed by atoms with E-state index in [4.69, 9.17) is 0 Å². The van der Waals surface area contributed by atoms with Crippen LogP contribution in [0.2, 0.25) is 0 Å². The maximum absolute atomic E-state index is 3.66. The molecular formula is C18H21BrN2. The van der Waals surface area contributed by atoms with Gasteiger partial charge in [-0.15, -0.1) is 0 Å². The number of hydrogen-bond donors (Lipinski definition) is 1. The molecule has 2 aromatic carbocycles. The van der Waals surface area contributed by atoms with Crippen molar-refractivity contribution in [2.75, 3.05) is 11.4 Å². The molecule has 0 aliphatic carbocycles. The monoisotopic (exact) mass is 344 g/mol. The van der Waals surface area contributed by atoms with E-state index < -0.39 is 0 Å². The summed E-state index contributed by atoms with van der Waals surface area (Å²) >= 11 is 3.51. The molecule has 0 radical (unpaired) electrons. The largest absolute Gasteiger partial charge is 0.365 e. The van der Waals surface area contributed by atoms with Gasteiger partial charge in [-0.2, -0.15) is 0 Å². The van der Waals surface area contributed by atoms with Crippen LogP contribution in [-0.2, 0) is 13.1 Å². The SMILES string of the molecule is CCC1CN(Cc2ccc(Br)cc2)c2ccccc2CN1. The number of nitrogens with zero attached hydrogens (tertiary/aromatic N) is 1. The predicted octanol–water partition coefficient (Wildman–Crippen LogP) is 4.34. The van der Waals surface area contributed by atoms with Crippen LogP contribution < -0.4 is 10.2 Å². The summed E-state index contributed by atoms with van der Waals surface area (Å²) in [5, 5.41) is 3.66. The molecule has 0 spiro atoms. The minimum atomic E-state index is 0.549. The molecule has 1 N–H and O–H groups in total. The molecule has 1 aliphatic heterocycles. The fraction of sp³-hybridized carbons (Fsp3) is 0.333. The molecule has 1 atom stereocenters. The average Bonchev–Trinajstić information content (AvgIpc) is 2.69. The van der Waals surface area contributed by atoms with Crippen LogP contribution in [0.4, 0.5) is 5.69 Å². The number of hydrogen-bond acceptors (Lipinski definition) is 2. The Morgan fingerprint density at radius 2 is 1.90 bits per heavy atom. The first-order valence-electron chi connectivity index (χ1n) is 7.57. The van der Waals surface area contributed by atoms with Gasteiger partial charge >= 0.3 is 0 Å². The van der Waals surface area contributed by atoms with E-state index in [0.29, 0.717) is 6.04 Å². The van der Waals surface area contributed by atoms with Crippen LogP contribution >= 0.6 is 15.9 Å². The molecule has 3 rings (SSSR count). The first-order valence-corrected chi connectivity index (χ1v) is 8.36. The molecule has 1 heterocycles. The highest BCUT2D eigenvalue weighted by Gasteiger charge is 2.20. The lowest BCUT2D eigenvalue weighted by molar-refractivity contribution is 0.502. The highest BCUT2D eigenvalue weighted by atomic mass is 79.9. The Kier molecular flexibility index (Phi) is 4.61. The summed E-state index contributed by atoms with van der Waals surface area (Å²) in [6.07, 6.45) is 1.16. The molecule has 0 saturated heterocycles. The minimum Gasteiger partial charge on any atom is -0.365 e. The molecule has 0 amide bonds. The van der Waals surface area contributed by atoms with Crippen LogP contribution in [0.15, 0.2) is 53.0 Å². The van der Waals surface area contributed by atoms with Crippen molar-refractivity contribution in [3.63, 3.8) is 0 Å². The Morgan fingerprint density at radius 3 is 2.67 bits per heavy atom.